The van der Waals surface area contributed by atoms with Gasteiger partial charge in [-0.1, -0.05) is 24.3 Å². The lowest BCUT2D eigenvalue weighted by molar-refractivity contribution is 0.0945. The lowest BCUT2D eigenvalue weighted by Gasteiger charge is -2.17. The number of fused-ring (bicyclic) bond motifs is 1. The quantitative estimate of drug-likeness (QED) is 0.604. The zero-order valence-electron chi connectivity index (χ0n) is 15.2. The summed E-state index contributed by atoms with van der Waals surface area (Å²) in [6, 6.07) is 12.0. The Bertz CT molecular complexity index is 1150. The molecule has 4 rings (SSSR count). The van der Waals surface area contributed by atoms with Crippen molar-refractivity contribution in [1.29, 1.82) is 0 Å². The van der Waals surface area contributed by atoms with Crippen LogP contribution < -0.4 is 10.0 Å². The van der Waals surface area contributed by atoms with Crippen LogP contribution in [-0.4, -0.2) is 36.1 Å². The lowest BCUT2D eigenvalue weighted by Crippen LogP contribution is -2.32. The van der Waals surface area contributed by atoms with E-state index in [0.717, 1.165) is 16.7 Å². The summed E-state index contributed by atoms with van der Waals surface area (Å²) in [5.41, 5.74) is 2.85. The first-order chi connectivity index (χ1) is 13.4. The van der Waals surface area contributed by atoms with Crippen LogP contribution in [0.4, 0.5) is 0 Å². The third-order valence-corrected chi connectivity index (χ3v) is 5.96. The molecule has 0 saturated carbocycles. The molecule has 1 aromatic heterocycles. The minimum absolute atomic E-state index is 0.0732. The number of hydrogen-bond acceptors (Lipinski definition) is 5. The number of hydrogen-bond donors (Lipinski definition) is 3. The highest BCUT2D eigenvalue weighted by Gasteiger charge is 2.21. The van der Waals surface area contributed by atoms with E-state index >= 15 is 0 Å². The summed E-state index contributed by atoms with van der Waals surface area (Å²) in [6.07, 6.45) is 0.697. The number of amides is 1. The number of aromatic nitrogens is 3. The monoisotopic (exact) mass is 397 g/mol. The van der Waals surface area contributed by atoms with Crippen molar-refractivity contribution < 1.29 is 13.2 Å². The van der Waals surface area contributed by atoms with Crippen LogP contribution in [0.2, 0.25) is 0 Å². The highest BCUT2D eigenvalue weighted by atomic mass is 32.2. The summed E-state index contributed by atoms with van der Waals surface area (Å²) in [4.78, 5) is 16.3. The molecule has 0 bridgehead atoms. The second-order valence-electron chi connectivity index (χ2n) is 6.59. The maximum Gasteiger partial charge on any atom is 0.251 e. The van der Waals surface area contributed by atoms with Crippen molar-refractivity contribution in [2.45, 2.75) is 24.8 Å². The molecule has 1 amide bonds. The fraction of sp³-hybridized carbons (Fsp3) is 0.211. The molecule has 0 radical (unpaired) electrons. The standard InChI is InChI=1S/C19H19N5O3S/c1-12-22-18(24-23-12)15-4-2-3-13(9-15)11-21-28(26,27)16-6-5-14-7-8-20-19(25)17(14)10-16/h2-6,9-10,21H,7-8,11H2,1H3,(H,20,25)(H,22,23,24). The van der Waals surface area contributed by atoms with Gasteiger partial charge in [-0.15, -0.1) is 0 Å². The van der Waals surface area contributed by atoms with Crippen LogP contribution in [0.1, 0.15) is 27.3 Å². The van der Waals surface area contributed by atoms with Crippen LogP contribution in [-0.2, 0) is 23.0 Å². The van der Waals surface area contributed by atoms with E-state index in [1.807, 2.05) is 31.2 Å². The van der Waals surface area contributed by atoms with Crippen molar-refractivity contribution in [3.05, 3.63) is 65.0 Å². The zero-order chi connectivity index (χ0) is 19.7. The summed E-state index contributed by atoms with van der Waals surface area (Å²) in [6.45, 7) is 2.49. The van der Waals surface area contributed by atoms with Crippen LogP contribution in [0.5, 0.6) is 0 Å². The van der Waals surface area contributed by atoms with E-state index in [1.54, 1.807) is 6.07 Å². The Hall–Kier alpha value is -3.04. The molecule has 2 heterocycles. The maximum absolute atomic E-state index is 12.7. The molecule has 144 valence electrons. The van der Waals surface area contributed by atoms with Gasteiger partial charge in [0.25, 0.3) is 5.91 Å². The first kappa shape index (κ1) is 18.3. The van der Waals surface area contributed by atoms with Crippen LogP contribution in [0.15, 0.2) is 47.4 Å². The number of aromatic amines is 1. The summed E-state index contributed by atoms with van der Waals surface area (Å²) in [7, 11) is -3.76. The van der Waals surface area contributed by atoms with Crippen molar-refractivity contribution in [2.75, 3.05) is 6.54 Å². The fourth-order valence-electron chi connectivity index (χ4n) is 3.11. The summed E-state index contributed by atoms with van der Waals surface area (Å²) < 4.78 is 28.0. The molecule has 3 N–H and O–H groups in total. The predicted octanol–water partition coefficient (Wildman–Crippen LogP) is 1.54. The maximum atomic E-state index is 12.7. The van der Waals surface area contributed by atoms with Gasteiger partial charge >= 0.3 is 0 Å². The van der Waals surface area contributed by atoms with E-state index in [2.05, 4.69) is 25.2 Å². The molecule has 28 heavy (non-hydrogen) atoms. The molecule has 9 heteroatoms. The minimum atomic E-state index is -3.76. The van der Waals surface area contributed by atoms with Gasteiger partial charge in [0.05, 0.1) is 4.90 Å². The largest absolute Gasteiger partial charge is 0.352 e. The van der Waals surface area contributed by atoms with E-state index in [0.29, 0.717) is 30.2 Å². The average Bonchev–Trinajstić information content (AvgIpc) is 3.13. The Balaban J connectivity index is 1.53. The molecule has 0 aliphatic carbocycles. The predicted molar refractivity (Wildman–Crippen MR) is 103 cm³/mol. The van der Waals surface area contributed by atoms with Crippen LogP contribution in [0.25, 0.3) is 11.4 Å². The van der Waals surface area contributed by atoms with Crippen LogP contribution in [0.3, 0.4) is 0 Å². The number of H-pyrrole nitrogens is 1. The Morgan fingerprint density at radius 1 is 1.18 bits per heavy atom. The number of carbonyl (C=O) groups is 1. The van der Waals surface area contributed by atoms with E-state index in [4.69, 9.17) is 0 Å². The summed E-state index contributed by atoms with van der Waals surface area (Å²) in [5.74, 6) is 1.02. The topological polar surface area (TPSA) is 117 Å². The average molecular weight is 397 g/mol. The minimum Gasteiger partial charge on any atom is -0.352 e. The zero-order valence-corrected chi connectivity index (χ0v) is 16.0. The molecule has 0 saturated heterocycles. The van der Waals surface area contributed by atoms with Crippen molar-refractivity contribution in [1.82, 2.24) is 25.2 Å². The van der Waals surface area contributed by atoms with E-state index < -0.39 is 10.0 Å². The van der Waals surface area contributed by atoms with Gasteiger partial charge in [0, 0.05) is 24.2 Å². The molecule has 3 aromatic rings. The summed E-state index contributed by atoms with van der Waals surface area (Å²) >= 11 is 0. The molecule has 0 unspecified atom stereocenters. The molecule has 0 fully saturated rings. The van der Waals surface area contributed by atoms with Crippen molar-refractivity contribution in [3.8, 4) is 11.4 Å². The number of nitrogens with one attached hydrogen (secondary N) is 3. The number of benzene rings is 2. The van der Waals surface area contributed by atoms with Crippen molar-refractivity contribution in [2.24, 2.45) is 0 Å². The van der Waals surface area contributed by atoms with Gasteiger partial charge in [-0.3, -0.25) is 9.89 Å². The molecular weight excluding hydrogens is 378 g/mol. The van der Waals surface area contributed by atoms with Gasteiger partial charge < -0.3 is 5.32 Å². The third kappa shape index (κ3) is 3.67. The third-order valence-electron chi connectivity index (χ3n) is 4.56. The van der Waals surface area contributed by atoms with Gasteiger partial charge in [0.15, 0.2) is 5.82 Å². The van der Waals surface area contributed by atoms with Gasteiger partial charge in [0.2, 0.25) is 10.0 Å². The van der Waals surface area contributed by atoms with Crippen molar-refractivity contribution >= 4 is 15.9 Å². The van der Waals surface area contributed by atoms with E-state index in [-0.39, 0.29) is 17.3 Å². The summed E-state index contributed by atoms with van der Waals surface area (Å²) in [5, 5.41) is 9.64. The highest BCUT2D eigenvalue weighted by molar-refractivity contribution is 7.89. The fourth-order valence-corrected chi connectivity index (χ4v) is 4.16. The van der Waals surface area contributed by atoms with Gasteiger partial charge in [0.1, 0.15) is 5.82 Å². The smallest absolute Gasteiger partial charge is 0.251 e. The molecule has 0 atom stereocenters. The molecule has 8 nitrogen and oxygen atoms in total. The number of aryl methyl sites for hydroxylation is 1. The first-order valence-electron chi connectivity index (χ1n) is 8.81. The first-order valence-corrected chi connectivity index (χ1v) is 10.3. The molecular formula is C19H19N5O3S. The Kier molecular flexibility index (Phi) is 4.70. The molecule has 1 aliphatic heterocycles. The van der Waals surface area contributed by atoms with E-state index in [9.17, 15) is 13.2 Å². The number of carbonyl (C=O) groups excluding carboxylic acids is 1. The Labute approximate surface area is 162 Å². The molecule has 1 aliphatic rings. The number of sulfonamides is 1. The molecule has 2 aromatic carbocycles. The van der Waals surface area contributed by atoms with Crippen molar-refractivity contribution in [3.63, 3.8) is 0 Å². The van der Waals surface area contributed by atoms with E-state index in [1.165, 1.54) is 12.1 Å². The number of rotatable bonds is 5. The van der Waals surface area contributed by atoms with Gasteiger partial charge in [-0.25, -0.2) is 18.1 Å². The Morgan fingerprint density at radius 2 is 2.04 bits per heavy atom. The lowest BCUT2D eigenvalue weighted by atomic mass is 10.0. The SMILES string of the molecule is Cc1nc(-c2cccc(CNS(=O)(=O)c3ccc4c(c3)C(=O)NCC4)c2)n[nH]1. The van der Waals surface area contributed by atoms with Gasteiger partial charge in [-0.05, 0) is 42.7 Å². The highest BCUT2D eigenvalue weighted by Crippen LogP contribution is 2.20. The normalized spacial score (nSPS) is 13.8. The number of nitrogens with zero attached hydrogens (tertiary/aromatic N) is 2. The second-order valence-corrected chi connectivity index (χ2v) is 8.36. The van der Waals surface area contributed by atoms with Gasteiger partial charge in [-0.2, -0.15) is 5.10 Å². The second kappa shape index (κ2) is 7.17. The van der Waals surface area contributed by atoms with Crippen LogP contribution in [0, 0.1) is 6.92 Å². The van der Waals surface area contributed by atoms with Crippen LogP contribution >= 0.6 is 0 Å². The Morgan fingerprint density at radius 3 is 2.82 bits per heavy atom. The molecule has 0 spiro atoms.